The van der Waals surface area contributed by atoms with Crippen molar-refractivity contribution >= 4 is 37.4 Å². The number of thiazole rings is 1. The molecule has 4 heterocycles. The van der Waals surface area contributed by atoms with E-state index in [9.17, 15) is 14.4 Å². The number of carbonyl (C=O) groups is 3. The molecular formula is C43H63N5O8SSi. The van der Waals surface area contributed by atoms with Gasteiger partial charge in [0.05, 0.1) is 54.5 Å². The minimum atomic E-state index is -2.25. The van der Waals surface area contributed by atoms with Gasteiger partial charge in [0.2, 0.25) is 11.8 Å². The molecule has 1 saturated carbocycles. The van der Waals surface area contributed by atoms with Crippen LogP contribution in [-0.4, -0.2) is 111 Å². The van der Waals surface area contributed by atoms with Crippen LogP contribution in [0.3, 0.4) is 0 Å². The lowest BCUT2D eigenvalue weighted by molar-refractivity contribution is -0.147. The Morgan fingerprint density at radius 1 is 1.03 bits per heavy atom. The summed E-state index contributed by atoms with van der Waals surface area (Å²) in [6.07, 6.45) is 2.70. The zero-order valence-corrected chi connectivity index (χ0v) is 37.6. The van der Waals surface area contributed by atoms with Crippen LogP contribution >= 0.6 is 11.3 Å². The van der Waals surface area contributed by atoms with Crippen molar-refractivity contribution in [1.82, 2.24) is 25.3 Å². The van der Waals surface area contributed by atoms with Crippen molar-refractivity contribution in [3.63, 3.8) is 0 Å². The van der Waals surface area contributed by atoms with Gasteiger partial charge < -0.3 is 33.4 Å². The minimum Gasteiger partial charge on any atom is -0.472 e. The van der Waals surface area contributed by atoms with Crippen LogP contribution in [0, 0.1) is 18.8 Å². The first-order valence-electron chi connectivity index (χ1n) is 20.8. The number of likely N-dealkylation sites (tertiary alicyclic amines) is 1. The van der Waals surface area contributed by atoms with Crippen molar-refractivity contribution in [1.29, 1.82) is 0 Å². The molecule has 2 aromatic heterocycles. The van der Waals surface area contributed by atoms with Gasteiger partial charge >= 0.3 is 5.97 Å². The zero-order chi connectivity index (χ0) is 41.8. The number of rotatable bonds is 14. The smallest absolute Gasteiger partial charge is 0.308 e. The summed E-state index contributed by atoms with van der Waals surface area (Å²) in [6.45, 7) is 20.7. The predicted molar refractivity (Wildman–Crippen MR) is 225 cm³/mol. The number of aromatic nitrogens is 2. The molecule has 318 valence electrons. The Balaban J connectivity index is 1.24. The quantitative estimate of drug-likeness (QED) is 0.131. The first-order valence-corrected chi connectivity index (χ1v) is 24.6. The molecule has 2 aliphatic heterocycles. The van der Waals surface area contributed by atoms with Gasteiger partial charge in [0.15, 0.2) is 14.1 Å². The van der Waals surface area contributed by atoms with E-state index < -0.39 is 20.3 Å². The van der Waals surface area contributed by atoms with Crippen molar-refractivity contribution < 1.29 is 37.5 Å². The van der Waals surface area contributed by atoms with Gasteiger partial charge in [0, 0.05) is 38.7 Å². The highest BCUT2D eigenvalue weighted by atomic mass is 32.1. The third-order valence-corrected chi connectivity index (χ3v) is 18.1. The summed E-state index contributed by atoms with van der Waals surface area (Å²) in [5, 5.41) is 7.57. The molecule has 1 unspecified atom stereocenters. The van der Waals surface area contributed by atoms with Crippen molar-refractivity contribution in [3.8, 4) is 16.3 Å². The number of benzene rings is 1. The van der Waals surface area contributed by atoms with Crippen molar-refractivity contribution in [3.05, 3.63) is 52.9 Å². The van der Waals surface area contributed by atoms with Crippen molar-refractivity contribution in [2.75, 3.05) is 46.5 Å². The van der Waals surface area contributed by atoms with Crippen LogP contribution in [0.5, 0.6) is 5.88 Å². The highest BCUT2D eigenvalue weighted by Gasteiger charge is 2.48. The zero-order valence-electron chi connectivity index (χ0n) is 35.7. The molecule has 3 aromatic rings. The molecule has 6 rings (SSSR count). The fourth-order valence-corrected chi connectivity index (χ4v) is 10.3. The standard InChI is InChI=1S/C43H63N5O8SSi/c1-27(2)38(36-23-37(46-55-36)54-32-16-14-31(15-17-32)42(51)52-7)41(50)48-24-33(56-58(8,9)43(4,5)6)22-35(48)40(49)45-34(25-47-18-20-53-21-19-47)29-10-12-30(13-11-29)39-28(3)44-26-57-39/h10-13,23,26-27,31-35,38H,14-22,24-25H2,1-9H3,(H,45,49)/t31?,32?,33-,34-,35+,38?/m1/s1. The van der Waals surface area contributed by atoms with Gasteiger partial charge in [0.1, 0.15) is 18.1 Å². The summed E-state index contributed by atoms with van der Waals surface area (Å²) in [4.78, 5) is 51.3. The molecule has 13 nitrogen and oxygen atoms in total. The number of nitrogens with zero attached hydrogens (tertiary/aromatic N) is 4. The number of ether oxygens (including phenoxy) is 3. The van der Waals surface area contributed by atoms with Crippen LogP contribution in [0.15, 0.2) is 40.4 Å². The fraction of sp³-hybridized carbons (Fsp3) is 0.651. The number of amides is 2. The van der Waals surface area contributed by atoms with E-state index in [-0.39, 0.29) is 52.9 Å². The monoisotopic (exact) mass is 837 g/mol. The minimum absolute atomic E-state index is 0.0510. The van der Waals surface area contributed by atoms with Crippen LogP contribution < -0.4 is 10.1 Å². The largest absolute Gasteiger partial charge is 0.472 e. The van der Waals surface area contributed by atoms with Gasteiger partial charge in [-0.15, -0.1) is 11.3 Å². The second-order valence-electron chi connectivity index (χ2n) is 18.0. The van der Waals surface area contributed by atoms with Gasteiger partial charge in [-0.1, -0.05) is 58.9 Å². The molecule has 3 aliphatic rings. The van der Waals surface area contributed by atoms with Crippen molar-refractivity contribution in [2.24, 2.45) is 11.8 Å². The van der Waals surface area contributed by atoms with E-state index in [1.54, 1.807) is 22.3 Å². The van der Waals surface area contributed by atoms with E-state index in [1.807, 2.05) is 26.3 Å². The molecule has 15 heteroatoms. The Morgan fingerprint density at radius 2 is 1.72 bits per heavy atom. The lowest BCUT2D eigenvalue weighted by Crippen LogP contribution is -2.50. The number of esters is 1. The highest BCUT2D eigenvalue weighted by molar-refractivity contribution is 7.13. The third kappa shape index (κ3) is 10.4. The number of hydrogen-bond donors (Lipinski definition) is 1. The summed E-state index contributed by atoms with van der Waals surface area (Å²) in [7, 11) is -0.834. The Labute approximate surface area is 348 Å². The van der Waals surface area contributed by atoms with Crippen LogP contribution in [0.4, 0.5) is 0 Å². The van der Waals surface area contributed by atoms with E-state index in [1.165, 1.54) is 7.11 Å². The van der Waals surface area contributed by atoms with Crippen LogP contribution in [-0.2, 0) is 28.3 Å². The first-order chi connectivity index (χ1) is 27.5. The predicted octanol–water partition coefficient (Wildman–Crippen LogP) is 7.14. The topological polar surface area (TPSA) is 146 Å². The number of morpholine rings is 1. The van der Waals surface area contributed by atoms with E-state index in [4.69, 9.17) is 23.2 Å². The molecule has 0 spiro atoms. The Hall–Kier alpha value is -3.63. The number of hydrogen-bond acceptors (Lipinski definition) is 12. The molecule has 1 aromatic carbocycles. The molecule has 3 fully saturated rings. The number of methoxy groups -OCH3 is 1. The molecule has 0 bridgehead atoms. The van der Waals surface area contributed by atoms with Crippen LogP contribution in [0.2, 0.25) is 18.1 Å². The number of aryl methyl sites for hydroxylation is 1. The molecule has 1 aliphatic carbocycles. The van der Waals surface area contributed by atoms with E-state index in [0.29, 0.717) is 70.0 Å². The van der Waals surface area contributed by atoms with Crippen LogP contribution in [0.1, 0.15) is 95.7 Å². The summed E-state index contributed by atoms with van der Waals surface area (Å²) in [5.74, 6) is -0.870. The third-order valence-electron chi connectivity index (χ3n) is 12.5. The van der Waals surface area contributed by atoms with Crippen molar-refractivity contribution in [2.45, 2.75) is 122 Å². The van der Waals surface area contributed by atoms with E-state index in [0.717, 1.165) is 34.8 Å². The summed E-state index contributed by atoms with van der Waals surface area (Å²) < 4.78 is 29.5. The Morgan fingerprint density at radius 3 is 2.33 bits per heavy atom. The van der Waals surface area contributed by atoms with Gasteiger partial charge in [-0.3, -0.25) is 19.3 Å². The molecule has 4 atom stereocenters. The van der Waals surface area contributed by atoms with Crippen LogP contribution in [0.25, 0.3) is 10.4 Å². The molecule has 2 amide bonds. The SMILES string of the molecule is COC(=O)C1CCC(Oc2cc(C(C(=O)N3C[C@H](O[Si](C)(C)C(C)(C)C)C[C@H]3C(=O)N[C@H](CN3CCOCC3)c3ccc(-c4scnc4C)cc3)C(C)C)on2)CC1. The van der Waals surface area contributed by atoms with E-state index in [2.05, 4.69) is 78.5 Å². The second-order valence-corrected chi connectivity index (χ2v) is 23.6. The first kappa shape index (κ1) is 43.9. The van der Waals surface area contributed by atoms with Gasteiger partial charge in [-0.2, -0.15) is 0 Å². The lowest BCUT2D eigenvalue weighted by atomic mass is 9.87. The average Bonchev–Trinajstić information content (AvgIpc) is 3.94. The summed E-state index contributed by atoms with van der Waals surface area (Å²) >= 11 is 1.61. The molecule has 1 N–H and O–H groups in total. The normalized spacial score (nSPS) is 23.1. The number of nitrogens with one attached hydrogen (secondary N) is 1. The van der Waals surface area contributed by atoms with Gasteiger partial charge in [-0.25, -0.2) is 4.98 Å². The molecule has 0 radical (unpaired) electrons. The molecule has 2 saturated heterocycles. The molecule has 58 heavy (non-hydrogen) atoms. The van der Waals surface area contributed by atoms with E-state index >= 15 is 0 Å². The van der Waals surface area contributed by atoms with Gasteiger partial charge in [0.25, 0.3) is 5.88 Å². The second kappa shape index (κ2) is 18.7. The maximum absolute atomic E-state index is 14.9. The summed E-state index contributed by atoms with van der Waals surface area (Å²) in [6, 6.07) is 9.00. The number of carbonyl (C=O) groups excluding carboxylic acids is 3. The highest BCUT2D eigenvalue weighted by Crippen LogP contribution is 2.40. The van der Waals surface area contributed by atoms with Gasteiger partial charge in [-0.05, 0) is 72.9 Å². The lowest BCUT2D eigenvalue weighted by Gasteiger charge is -2.38. The maximum Gasteiger partial charge on any atom is 0.308 e. The fourth-order valence-electron chi connectivity index (χ4n) is 8.10. The summed E-state index contributed by atoms with van der Waals surface area (Å²) in [5.41, 5.74) is 4.93. The Bertz CT molecular complexity index is 1840. The maximum atomic E-state index is 14.9. The molecular weight excluding hydrogens is 775 g/mol. The Kier molecular flexibility index (Phi) is 14.2. The average molecular weight is 838 g/mol.